The average Bonchev–Trinajstić information content (AvgIpc) is 2.51. The average molecular weight is 462 g/mol. The van der Waals surface area contributed by atoms with Gasteiger partial charge in [0.05, 0.1) is 0 Å². The van der Waals surface area contributed by atoms with Crippen molar-refractivity contribution in [2.45, 2.75) is 72.6 Å². The van der Waals surface area contributed by atoms with E-state index in [2.05, 4.69) is 61.0 Å². The van der Waals surface area contributed by atoms with E-state index in [4.69, 9.17) is 3.07 Å². The Morgan fingerprint density at radius 1 is 0.810 bits per heavy atom. The van der Waals surface area contributed by atoms with Crippen LogP contribution >= 0.6 is 15.9 Å². The van der Waals surface area contributed by atoms with Crippen molar-refractivity contribution < 1.29 is 3.07 Å². The van der Waals surface area contributed by atoms with Crippen molar-refractivity contribution in [3.8, 4) is 5.75 Å². The van der Waals surface area contributed by atoms with Crippen LogP contribution in [0.5, 0.6) is 5.75 Å². The maximum absolute atomic E-state index is 6.75. The topological polar surface area (TPSA) is 9.23 Å². The molecule has 0 bridgehead atoms. The second-order valence-corrected chi connectivity index (χ2v) is 18.6. The first-order chi connectivity index (χ1) is 10.2. The minimum absolute atomic E-state index is 1.11. The van der Waals surface area contributed by atoms with E-state index >= 15 is 0 Å². The van der Waals surface area contributed by atoms with E-state index in [1.807, 2.05) is 0 Å². The van der Waals surface area contributed by atoms with Crippen molar-refractivity contribution in [3.63, 3.8) is 0 Å². The van der Waals surface area contributed by atoms with Crippen LogP contribution in [0.4, 0.5) is 0 Å². The van der Waals surface area contributed by atoms with Crippen LogP contribution in [0.3, 0.4) is 0 Å². The molecular formula is C18H31BrOSn. The Morgan fingerprint density at radius 2 is 1.24 bits per heavy atom. The number of hydrogen-bond donors (Lipinski definition) is 0. The standard InChI is InChI=1S/C6H5BrO.3C4H9.Sn/c7-5-1-3-6(8)4-2-5;3*1-3-4-2;/h1-4,8H;3*1,3-4H2,2H3;/q;;;;+1/p-1. The number of hydrogen-bond acceptors (Lipinski definition) is 1. The van der Waals surface area contributed by atoms with Gasteiger partial charge in [0.2, 0.25) is 0 Å². The molecule has 0 spiro atoms. The molecule has 1 aromatic carbocycles. The van der Waals surface area contributed by atoms with Gasteiger partial charge in [-0.15, -0.1) is 0 Å². The molecule has 21 heavy (non-hydrogen) atoms. The summed E-state index contributed by atoms with van der Waals surface area (Å²) in [4.78, 5) is 0. The van der Waals surface area contributed by atoms with Gasteiger partial charge in [-0.25, -0.2) is 0 Å². The molecule has 0 heterocycles. The molecule has 0 radical (unpaired) electrons. The van der Waals surface area contributed by atoms with Gasteiger partial charge in [0.15, 0.2) is 0 Å². The van der Waals surface area contributed by atoms with Crippen molar-refractivity contribution in [2.24, 2.45) is 0 Å². The molecule has 120 valence electrons. The van der Waals surface area contributed by atoms with Crippen molar-refractivity contribution in [1.29, 1.82) is 0 Å². The van der Waals surface area contributed by atoms with Crippen molar-refractivity contribution in [1.82, 2.24) is 0 Å². The van der Waals surface area contributed by atoms with Crippen LogP contribution in [0.2, 0.25) is 13.3 Å². The first-order valence-corrected chi connectivity index (χ1v) is 16.6. The summed E-state index contributed by atoms with van der Waals surface area (Å²) in [7, 11) is 0. The predicted octanol–water partition coefficient (Wildman–Crippen LogP) is 7.17. The van der Waals surface area contributed by atoms with Crippen LogP contribution in [0.1, 0.15) is 59.3 Å². The number of unbranched alkanes of at least 4 members (excludes halogenated alkanes) is 3. The number of halogens is 1. The predicted molar refractivity (Wildman–Crippen MR) is 99.7 cm³/mol. The zero-order chi connectivity index (χ0) is 15.6. The third-order valence-corrected chi connectivity index (χ3v) is 17.4. The van der Waals surface area contributed by atoms with Gasteiger partial charge in [-0.3, -0.25) is 0 Å². The van der Waals surface area contributed by atoms with Gasteiger partial charge in [0.1, 0.15) is 0 Å². The molecule has 1 aromatic rings. The molecule has 0 aliphatic carbocycles. The summed E-state index contributed by atoms with van der Waals surface area (Å²) < 4.78 is 12.1. The minimum atomic E-state index is -2.49. The van der Waals surface area contributed by atoms with Gasteiger partial charge in [0.25, 0.3) is 0 Å². The Balaban J connectivity index is 2.85. The molecule has 0 aliphatic heterocycles. The van der Waals surface area contributed by atoms with E-state index < -0.39 is 18.8 Å². The summed E-state index contributed by atoms with van der Waals surface area (Å²) in [6.45, 7) is 6.90. The van der Waals surface area contributed by atoms with Crippen LogP contribution in [-0.4, -0.2) is 18.8 Å². The summed E-state index contributed by atoms with van der Waals surface area (Å²) >= 11 is 1.03. The summed E-state index contributed by atoms with van der Waals surface area (Å²) in [6.07, 6.45) is 7.92. The maximum atomic E-state index is 6.75. The SMILES string of the molecule is CCC[CH2][Sn]([CH2]CCC)([CH2]CCC)[O]c1ccc(Br)cc1. The summed E-state index contributed by atoms with van der Waals surface area (Å²) in [5, 5.41) is 0. The van der Waals surface area contributed by atoms with Gasteiger partial charge >= 0.3 is 145 Å². The molecule has 0 aliphatic rings. The zero-order valence-electron chi connectivity index (χ0n) is 14.0. The van der Waals surface area contributed by atoms with Gasteiger partial charge in [-0.2, -0.15) is 0 Å². The molecule has 0 aromatic heterocycles. The number of rotatable bonds is 11. The fourth-order valence-corrected chi connectivity index (χ4v) is 16.4. The summed E-state index contributed by atoms with van der Waals surface area (Å²) in [5.74, 6) is 1.11. The normalized spacial score (nSPS) is 11.6. The second kappa shape index (κ2) is 10.9. The molecule has 0 amide bonds. The summed E-state index contributed by atoms with van der Waals surface area (Å²) in [6, 6.07) is 8.48. The Hall–Kier alpha value is 0.299. The molecule has 1 nitrogen and oxygen atoms in total. The van der Waals surface area contributed by atoms with Crippen molar-refractivity contribution >= 4 is 34.7 Å². The van der Waals surface area contributed by atoms with Crippen molar-refractivity contribution in [2.75, 3.05) is 0 Å². The van der Waals surface area contributed by atoms with Crippen LogP contribution < -0.4 is 3.07 Å². The van der Waals surface area contributed by atoms with E-state index in [1.165, 1.54) is 51.8 Å². The molecule has 0 saturated carbocycles. The van der Waals surface area contributed by atoms with Gasteiger partial charge < -0.3 is 0 Å². The van der Waals surface area contributed by atoms with Crippen LogP contribution in [0.25, 0.3) is 0 Å². The van der Waals surface area contributed by atoms with Crippen molar-refractivity contribution in [3.05, 3.63) is 28.7 Å². The zero-order valence-corrected chi connectivity index (χ0v) is 18.4. The van der Waals surface area contributed by atoms with Crippen LogP contribution in [0, 0.1) is 0 Å². The van der Waals surface area contributed by atoms with Gasteiger partial charge in [-0.1, -0.05) is 0 Å². The van der Waals surface area contributed by atoms with E-state index in [-0.39, 0.29) is 0 Å². The Labute approximate surface area is 144 Å². The first-order valence-electron chi connectivity index (χ1n) is 8.60. The van der Waals surface area contributed by atoms with Crippen LogP contribution in [0.15, 0.2) is 28.7 Å². The molecule has 1 rings (SSSR count). The Kier molecular flexibility index (Phi) is 10.1. The molecule has 0 N–H and O–H groups in total. The molecular weight excluding hydrogens is 431 g/mol. The molecule has 0 saturated heterocycles. The Bertz CT molecular complexity index is 356. The monoisotopic (exact) mass is 462 g/mol. The third kappa shape index (κ3) is 7.40. The fourth-order valence-electron chi connectivity index (χ4n) is 2.78. The molecule has 3 heteroatoms. The molecule has 0 unspecified atom stereocenters. The molecule has 0 atom stereocenters. The third-order valence-electron chi connectivity index (χ3n) is 4.11. The Morgan fingerprint density at radius 3 is 1.62 bits per heavy atom. The van der Waals surface area contributed by atoms with E-state index in [9.17, 15) is 0 Å². The quantitative estimate of drug-likeness (QED) is 0.317. The fraction of sp³-hybridized carbons (Fsp3) is 0.667. The first kappa shape index (κ1) is 19.3. The van der Waals surface area contributed by atoms with Crippen LogP contribution in [-0.2, 0) is 0 Å². The summed E-state index contributed by atoms with van der Waals surface area (Å²) in [5.41, 5.74) is 0. The van der Waals surface area contributed by atoms with Gasteiger partial charge in [-0.05, 0) is 0 Å². The second-order valence-electron chi connectivity index (χ2n) is 6.05. The number of benzene rings is 1. The van der Waals surface area contributed by atoms with E-state index in [0.717, 1.165) is 10.2 Å². The van der Waals surface area contributed by atoms with Gasteiger partial charge in [0, 0.05) is 0 Å². The van der Waals surface area contributed by atoms with E-state index in [1.54, 1.807) is 0 Å². The van der Waals surface area contributed by atoms with E-state index in [0.29, 0.717) is 0 Å². The molecule has 0 fully saturated rings.